The van der Waals surface area contributed by atoms with Gasteiger partial charge in [0.15, 0.2) is 0 Å². The molecule has 0 saturated carbocycles. The zero-order valence-electron chi connectivity index (χ0n) is 14.7. The van der Waals surface area contributed by atoms with E-state index in [1.807, 2.05) is 0 Å². The summed E-state index contributed by atoms with van der Waals surface area (Å²) in [5, 5.41) is 40.0. The van der Waals surface area contributed by atoms with Gasteiger partial charge in [0.25, 0.3) is 0 Å². The van der Waals surface area contributed by atoms with Gasteiger partial charge in [-0.2, -0.15) is 21.0 Å². The van der Waals surface area contributed by atoms with Crippen LogP contribution in [-0.2, 0) is 0 Å². The van der Waals surface area contributed by atoms with E-state index in [9.17, 15) is 0 Å². The van der Waals surface area contributed by atoms with Gasteiger partial charge in [-0.25, -0.2) is 0 Å². The van der Waals surface area contributed by atoms with Gasteiger partial charge in [-0.3, -0.25) is 0 Å². The van der Waals surface area contributed by atoms with Crippen LogP contribution >= 0.6 is 0 Å². The molecule has 0 aliphatic heterocycles. The van der Waals surface area contributed by atoms with Crippen molar-refractivity contribution in [3.63, 3.8) is 0 Å². The molecular weight excluding hydrogens is 344 g/mol. The molecule has 28 heavy (non-hydrogen) atoms. The van der Waals surface area contributed by atoms with Crippen LogP contribution in [0.15, 0.2) is 72.8 Å². The van der Waals surface area contributed by atoms with E-state index in [4.69, 9.17) is 21.0 Å². The topological polar surface area (TPSA) is 95.2 Å². The fourth-order valence-electron chi connectivity index (χ4n) is 2.90. The molecule has 0 heterocycles. The molecule has 4 aromatic carbocycles. The molecule has 0 aliphatic rings. The van der Waals surface area contributed by atoms with Gasteiger partial charge in [-0.15, -0.1) is 0 Å². The minimum absolute atomic E-state index is 0.0333. The Kier molecular flexibility index (Phi) is 5.29. The Morgan fingerprint density at radius 2 is 0.750 bits per heavy atom. The molecule has 0 N–H and O–H groups in total. The van der Waals surface area contributed by atoms with Gasteiger partial charge >= 0.3 is 0 Å². The molecule has 4 nitrogen and oxygen atoms in total. The van der Waals surface area contributed by atoms with Gasteiger partial charge in [-0.1, -0.05) is 48.5 Å². The lowest BCUT2D eigenvalue weighted by Gasteiger charge is -2.00. The first-order chi connectivity index (χ1) is 13.7. The molecule has 0 unspecified atom stereocenters. The molecule has 0 fully saturated rings. The largest absolute Gasteiger partial charge is 0.192 e. The first-order valence-electron chi connectivity index (χ1n) is 8.36. The maximum atomic E-state index is 8.72. The van der Waals surface area contributed by atoms with Gasteiger partial charge in [0.1, 0.15) is 24.3 Å². The number of fused-ring (bicyclic) bond motifs is 2. The lowest BCUT2D eigenvalue weighted by atomic mass is 9.99. The summed E-state index contributed by atoms with van der Waals surface area (Å²) in [6.45, 7) is 0. The van der Waals surface area contributed by atoms with E-state index in [0.29, 0.717) is 0 Å². The molecule has 0 radical (unpaired) electrons. The molecular formula is C24H12N4. The van der Waals surface area contributed by atoms with Crippen molar-refractivity contribution < 1.29 is 0 Å². The lowest BCUT2D eigenvalue weighted by Crippen LogP contribution is -1.93. The van der Waals surface area contributed by atoms with E-state index < -0.39 is 0 Å². The third kappa shape index (κ3) is 3.49. The number of hydrogen-bond donors (Lipinski definition) is 0. The van der Waals surface area contributed by atoms with Crippen molar-refractivity contribution in [2.24, 2.45) is 0 Å². The predicted octanol–water partition coefficient (Wildman–Crippen LogP) is 5.17. The van der Waals surface area contributed by atoms with E-state index in [1.54, 1.807) is 24.3 Å². The Morgan fingerprint density at radius 1 is 0.429 bits per heavy atom. The summed E-state index contributed by atoms with van der Waals surface area (Å²) in [4.78, 5) is 0. The van der Waals surface area contributed by atoms with Crippen LogP contribution in [0, 0.1) is 45.3 Å². The Bertz CT molecular complexity index is 1200. The van der Waals surface area contributed by atoms with E-state index in [0.717, 1.165) is 0 Å². The Morgan fingerprint density at radius 3 is 1.00 bits per heavy atom. The SMILES string of the molecule is N#Cc1ccc(C#N)c(C#N)c1C#N.c1ccc2cc3ccccc3cc2c1. The number of benzene rings is 4. The molecule has 0 spiro atoms. The summed E-state index contributed by atoms with van der Waals surface area (Å²) >= 11 is 0. The second kappa shape index (κ2) is 8.16. The standard InChI is InChI=1S/C14H10.C10H2N4/c1-2-6-12-10-14-8-4-3-7-13(14)9-11(12)5-1;11-3-7-1-2-8(4-12)10(6-14)9(7)5-13/h1-10H;1-2H. The van der Waals surface area contributed by atoms with E-state index in [2.05, 4.69) is 60.7 Å². The third-order valence-corrected chi connectivity index (χ3v) is 4.28. The summed E-state index contributed by atoms with van der Waals surface area (Å²) in [7, 11) is 0. The number of nitriles is 4. The minimum atomic E-state index is -0.0333. The van der Waals surface area contributed by atoms with Crippen molar-refractivity contribution in [1.29, 1.82) is 21.0 Å². The molecule has 0 aromatic heterocycles. The van der Waals surface area contributed by atoms with Crippen LogP contribution in [0.1, 0.15) is 22.3 Å². The highest BCUT2D eigenvalue weighted by Gasteiger charge is 2.12. The van der Waals surface area contributed by atoms with Crippen LogP contribution < -0.4 is 0 Å². The highest BCUT2D eigenvalue weighted by Crippen LogP contribution is 2.22. The van der Waals surface area contributed by atoms with Gasteiger partial charge in [0, 0.05) is 0 Å². The lowest BCUT2D eigenvalue weighted by molar-refractivity contribution is 1.37. The summed E-state index contributed by atoms with van der Waals surface area (Å²) in [5.41, 5.74) is 0.161. The van der Waals surface area contributed by atoms with Crippen LogP contribution in [0.2, 0.25) is 0 Å². The van der Waals surface area contributed by atoms with Crippen molar-refractivity contribution in [3.8, 4) is 24.3 Å². The van der Waals surface area contributed by atoms with Crippen LogP contribution in [0.4, 0.5) is 0 Å². The molecule has 0 aliphatic carbocycles. The molecule has 0 saturated heterocycles. The number of rotatable bonds is 0. The Balaban J connectivity index is 0.000000161. The third-order valence-electron chi connectivity index (χ3n) is 4.28. The zero-order chi connectivity index (χ0) is 19.9. The van der Waals surface area contributed by atoms with Crippen molar-refractivity contribution >= 4 is 21.5 Å². The second-order valence-electron chi connectivity index (χ2n) is 5.90. The molecule has 4 aromatic rings. The van der Waals surface area contributed by atoms with Crippen molar-refractivity contribution in [2.45, 2.75) is 0 Å². The maximum absolute atomic E-state index is 8.72. The smallest absolute Gasteiger partial charge is 0.102 e. The van der Waals surface area contributed by atoms with Crippen LogP contribution in [0.25, 0.3) is 21.5 Å². The Labute approximate surface area is 162 Å². The number of nitrogens with zero attached hydrogens (tertiary/aromatic N) is 4. The van der Waals surface area contributed by atoms with E-state index >= 15 is 0 Å². The first-order valence-corrected chi connectivity index (χ1v) is 8.36. The molecule has 0 amide bonds. The molecule has 128 valence electrons. The minimum Gasteiger partial charge on any atom is -0.192 e. The Hall–Kier alpha value is -4.64. The van der Waals surface area contributed by atoms with Gasteiger partial charge < -0.3 is 0 Å². The van der Waals surface area contributed by atoms with Crippen molar-refractivity contribution in [3.05, 3.63) is 95.1 Å². The summed E-state index contributed by atoms with van der Waals surface area (Å²) in [6, 6.07) is 31.2. The molecule has 4 rings (SSSR count). The normalized spacial score (nSPS) is 9.29. The average molecular weight is 356 g/mol. The fraction of sp³-hybridized carbons (Fsp3) is 0. The van der Waals surface area contributed by atoms with E-state index in [-0.39, 0.29) is 22.3 Å². The number of hydrogen-bond acceptors (Lipinski definition) is 4. The average Bonchev–Trinajstić information content (AvgIpc) is 2.76. The summed E-state index contributed by atoms with van der Waals surface area (Å²) in [6.07, 6.45) is 0. The molecule has 0 atom stereocenters. The summed E-state index contributed by atoms with van der Waals surface area (Å²) in [5.74, 6) is 0. The van der Waals surface area contributed by atoms with Gasteiger partial charge in [0.2, 0.25) is 0 Å². The predicted molar refractivity (Wildman–Crippen MR) is 107 cm³/mol. The maximum Gasteiger partial charge on any atom is 0.102 e. The highest BCUT2D eigenvalue weighted by atomic mass is 14.3. The monoisotopic (exact) mass is 356 g/mol. The van der Waals surface area contributed by atoms with E-state index in [1.165, 1.54) is 33.7 Å². The molecule has 0 bridgehead atoms. The van der Waals surface area contributed by atoms with Crippen LogP contribution in [-0.4, -0.2) is 0 Å². The molecule has 4 heteroatoms. The van der Waals surface area contributed by atoms with Gasteiger partial charge in [-0.05, 0) is 45.8 Å². The van der Waals surface area contributed by atoms with Crippen molar-refractivity contribution in [2.75, 3.05) is 0 Å². The first kappa shape index (κ1) is 18.2. The highest BCUT2D eigenvalue weighted by molar-refractivity contribution is 5.98. The second-order valence-corrected chi connectivity index (χ2v) is 5.90. The summed E-state index contributed by atoms with van der Waals surface area (Å²) < 4.78 is 0. The van der Waals surface area contributed by atoms with Crippen LogP contribution in [0.3, 0.4) is 0 Å². The zero-order valence-corrected chi connectivity index (χ0v) is 14.7. The van der Waals surface area contributed by atoms with Crippen LogP contribution in [0.5, 0.6) is 0 Å². The quantitative estimate of drug-likeness (QED) is 0.406. The van der Waals surface area contributed by atoms with Crippen molar-refractivity contribution in [1.82, 2.24) is 0 Å². The fourth-order valence-corrected chi connectivity index (χ4v) is 2.90. The van der Waals surface area contributed by atoms with Gasteiger partial charge in [0.05, 0.1) is 22.3 Å².